The number of carbonyl (C=O) groups is 2. The molecule has 0 aliphatic rings. The van der Waals surface area contributed by atoms with Gasteiger partial charge in [-0.2, -0.15) is 5.10 Å². The maximum Gasteiger partial charge on any atom is 0.303 e. The third-order valence-corrected chi connectivity index (χ3v) is 5.37. The van der Waals surface area contributed by atoms with Crippen molar-refractivity contribution < 1.29 is 33.7 Å². The van der Waals surface area contributed by atoms with Gasteiger partial charge < -0.3 is 19.7 Å². The standard InChI is InChI=1S/C24H23FN4O2.C4H6O4/c1-30-22-8-5-20(27-15-22)17-31-21-6-3-19(4-7-21)24-23(18-9-12-26-13-10-18)16-29(28-24)14-2-11-25;5-3(6)1-2-4(7)8/h3-10,12-13,15-16H,2,11,14,17H2,1H3;1-2H2,(H,5,6)(H,7,8). The van der Waals surface area contributed by atoms with Gasteiger partial charge in [-0.15, -0.1) is 0 Å². The van der Waals surface area contributed by atoms with Crippen LogP contribution in [0.3, 0.4) is 0 Å². The van der Waals surface area contributed by atoms with E-state index in [0.717, 1.165) is 33.8 Å². The average molecular weight is 537 g/mol. The van der Waals surface area contributed by atoms with E-state index in [1.807, 2.05) is 54.7 Å². The van der Waals surface area contributed by atoms with Crippen molar-refractivity contribution in [3.8, 4) is 33.9 Å². The molecule has 0 radical (unpaired) electrons. The van der Waals surface area contributed by atoms with E-state index in [1.54, 1.807) is 30.4 Å². The fourth-order valence-corrected chi connectivity index (χ4v) is 3.41. The number of aromatic nitrogens is 4. The van der Waals surface area contributed by atoms with Crippen LogP contribution in [0.25, 0.3) is 22.4 Å². The van der Waals surface area contributed by atoms with Gasteiger partial charge in [0.15, 0.2) is 0 Å². The van der Waals surface area contributed by atoms with Gasteiger partial charge in [-0.3, -0.25) is 28.6 Å². The molecule has 3 heterocycles. The topological polar surface area (TPSA) is 137 Å². The van der Waals surface area contributed by atoms with Crippen molar-refractivity contribution in [3.05, 3.63) is 79.0 Å². The summed E-state index contributed by atoms with van der Waals surface area (Å²) in [4.78, 5) is 27.7. The largest absolute Gasteiger partial charge is 0.495 e. The molecule has 0 unspecified atom stereocenters. The molecule has 1 aromatic carbocycles. The number of hydrogen-bond acceptors (Lipinski definition) is 7. The highest BCUT2D eigenvalue weighted by Gasteiger charge is 2.13. The highest BCUT2D eigenvalue weighted by Crippen LogP contribution is 2.32. The number of nitrogens with zero attached hydrogens (tertiary/aromatic N) is 4. The number of pyridine rings is 2. The van der Waals surface area contributed by atoms with E-state index in [2.05, 4.69) is 9.97 Å². The Bertz CT molecular complexity index is 1310. The normalized spacial score (nSPS) is 10.3. The number of aliphatic carboxylic acids is 2. The Kier molecular flexibility index (Phi) is 10.9. The lowest BCUT2D eigenvalue weighted by Crippen LogP contribution is -2.00. The van der Waals surface area contributed by atoms with Crippen LogP contribution in [0.4, 0.5) is 4.39 Å². The first-order valence-electron chi connectivity index (χ1n) is 12.1. The molecule has 0 saturated heterocycles. The molecule has 0 amide bonds. The predicted octanol–water partition coefficient (Wildman–Crippen LogP) is 4.89. The number of rotatable bonds is 12. The third-order valence-electron chi connectivity index (χ3n) is 5.37. The Morgan fingerprint density at radius 2 is 1.59 bits per heavy atom. The molecule has 0 spiro atoms. The molecule has 0 aliphatic heterocycles. The van der Waals surface area contributed by atoms with Crippen LogP contribution >= 0.6 is 0 Å². The van der Waals surface area contributed by atoms with Crippen LogP contribution in [0.5, 0.6) is 11.5 Å². The number of alkyl halides is 1. The minimum absolute atomic E-state index is 0.296. The highest BCUT2D eigenvalue weighted by molar-refractivity contribution is 5.80. The molecular formula is C28H29FN4O6. The zero-order valence-electron chi connectivity index (χ0n) is 21.4. The summed E-state index contributed by atoms with van der Waals surface area (Å²) < 4.78 is 25.4. The van der Waals surface area contributed by atoms with Gasteiger partial charge in [0.1, 0.15) is 23.8 Å². The summed E-state index contributed by atoms with van der Waals surface area (Å²) in [5.41, 5.74) is 4.62. The van der Waals surface area contributed by atoms with Crippen LogP contribution in [0.1, 0.15) is 25.0 Å². The number of benzene rings is 1. The zero-order valence-corrected chi connectivity index (χ0v) is 21.4. The number of ether oxygens (including phenoxy) is 2. The van der Waals surface area contributed by atoms with E-state index in [0.29, 0.717) is 25.3 Å². The molecule has 0 aliphatic carbocycles. The van der Waals surface area contributed by atoms with E-state index in [-0.39, 0.29) is 19.5 Å². The molecule has 10 nitrogen and oxygen atoms in total. The fourth-order valence-electron chi connectivity index (χ4n) is 3.41. The Labute approximate surface area is 224 Å². The third kappa shape index (κ3) is 9.22. The number of hydrogen-bond donors (Lipinski definition) is 2. The Morgan fingerprint density at radius 1 is 0.923 bits per heavy atom. The van der Waals surface area contributed by atoms with Gasteiger partial charge in [0.2, 0.25) is 0 Å². The first kappa shape index (κ1) is 28.8. The first-order valence-corrected chi connectivity index (χ1v) is 12.1. The molecule has 0 fully saturated rings. The predicted molar refractivity (Wildman–Crippen MR) is 141 cm³/mol. The molecule has 0 saturated carbocycles. The van der Waals surface area contributed by atoms with Crippen molar-refractivity contribution in [2.24, 2.45) is 0 Å². The van der Waals surface area contributed by atoms with Crippen molar-refractivity contribution in [2.75, 3.05) is 13.8 Å². The number of methoxy groups -OCH3 is 1. The molecule has 0 bridgehead atoms. The van der Waals surface area contributed by atoms with Crippen LogP contribution in [0.2, 0.25) is 0 Å². The van der Waals surface area contributed by atoms with Gasteiger partial charge in [-0.05, 0) is 60.5 Å². The maximum absolute atomic E-state index is 12.6. The summed E-state index contributed by atoms with van der Waals surface area (Å²) in [5, 5.41) is 20.5. The lowest BCUT2D eigenvalue weighted by Gasteiger charge is -2.08. The molecule has 204 valence electrons. The Balaban J connectivity index is 0.000000459. The SMILES string of the molecule is COc1ccc(COc2ccc(-c3nn(CCCF)cc3-c3ccncc3)cc2)nc1.O=C(O)CCC(=O)O. The molecule has 4 rings (SSSR count). The maximum atomic E-state index is 12.6. The minimum Gasteiger partial charge on any atom is -0.495 e. The van der Waals surface area contributed by atoms with Gasteiger partial charge in [-0.25, -0.2) is 0 Å². The number of carboxylic acids is 2. The summed E-state index contributed by atoms with van der Waals surface area (Å²) in [6.45, 7) is 0.531. The van der Waals surface area contributed by atoms with Gasteiger partial charge >= 0.3 is 11.9 Å². The van der Waals surface area contributed by atoms with E-state index in [1.165, 1.54) is 0 Å². The quantitative estimate of drug-likeness (QED) is 0.259. The summed E-state index contributed by atoms with van der Waals surface area (Å²) in [6.07, 6.45) is 6.97. The van der Waals surface area contributed by atoms with Crippen LogP contribution in [0.15, 0.2) is 73.3 Å². The fraction of sp³-hybridized carbons (Fsp3) is 0.250. The van der Waals surface area contributed by atoms with Crippen molar-refractivity contribution in [2.45, 2.75) is 32.4 Å². The summed E-state index contributed by atoms with van der Waals surface area (Å²) in [5.74, 6) is -0.701. The van der Waals surface area contributed by atoms with Crippen molar-refractivity contribution in [1.82, 2.24) is 19.7 Å². The monoisotopic (exact) mass is 536 g/mol. The molecule has 4 aromatic rings. The smallest absolute Gasteiger partial charge is 0.303 e. The van der Waals surface area contributed by atoms with Crippen molar-refractivity contribution in [3.63, 3.8) is 0 Å². The van der Waals surface area contributed by atoms with Gasteiger partial charge in [0.05, 0.1) is 38.5 Å². The molecule has 3 aromatic heterocycles. The molecule has 0 atom stereocenters. The van der Waals surface area contributed by atoms with Gasteiger partial charge in [-0.1, -0.05) is 0 Å². The lowest BCUT2D eigenvalue weighted by molar-refractivity contribution is -0.143. The van der Waals surface area contributed by atoms with Crippen LogP contribution in [-0.2, 0) is 22.7 Å². The van der Waals surface area contributed by atoms with Crippen molar-refractivity contribution >= 4 is 11.9 Å². The second-order valence-corrected chi connectivity index (χ2v) is 8.22. The summed E-state index contributed by atoms with van der Waals surface area (Å²) >= 11 is 0. The average Bonchev–Trinajstić information content (AvgIpc) is 3.39. The van der Waals surface area contributed by atoms with E-state index >= 15 is 0 Å². The van der Waals surface area contributed by atoms with E-state index < -0.39 is 11.9 Å². The molecular weight excluding hydrogens is 507 g/mol. The second kappa shape index (κ2) is 14.8. The van der Waals surface area contributed by atoms with E-state index in [4.69, 9.17) is 24.8 Å². The molecule has 11 heteroatoms. The number of halogens is 1. The number of carboxylic acid groups (broad SMARTS) is 2. The van der Waals surface area contributed by atoms with Gasteiger partial charge in [0, 0.05) is 36.3 Å². The number of aryl methyl sites for hydroxylation is 1. The second-order valence-electron chi connectivity index (χ2n) is 8.22. The van der Waals surface area contributed by atoms with E-state index in [9.17, 15) is 14.0 Å². The molecule has 2 N–H and O–H groups in total. The lowest BCUT2D eigenvalue weighted by atomic mass is 10.0. The summed E-state index contributed by atoms with van der Waals surface area (Å²) in [6, 6.07) is 15.4. The van der Waals surface area contributed by atoms with Crippen LogP contribution in [0, 0.1) is 0 Å². The Hall–Kier alpha value is -4.80. The van der Waals surface area contributed by atoms with Gasteiger partial charge in [0.25, 0.3) is 0 Å². The zero-order chi connectivity index (χ0) is 28.0. The van der Waals surface area contributed by atoms with Crippen molar-refractivity contribution in [1.29, 1.82) is 0 Å². The van der Waals surface area contributed by atoms with Crippen LogP contribution < -0.4 is 9.47 Å². The highest BCUT2D eigenvalue weighted by atomic mass is 19.1. The van der Waals surface area contributed by atoms with Crippen LogP contribution in [-0.4, -0.2) is 55.7 Å². The first-order chi connectivity index (χ1) is 18.9. The minimum atomic E-state index is -1.08. The molecule has 39 heavy (non-hydrogen) atoms. The Morgan fingerprint density at radius 3 is 2.15 bits per heavy atom. The summed E-state index contributed by atoms with van der Waals surface area (Å²) in [7, 11) is 1.61.